The second-order valence-corrected chi connectivity index (χ2v) is 13.3. The van der Waals surface area contributed by atoms with Gasteiger partial charge in [0.05, 0.1) is 12.2 Å². The van der Waals surface area contributed by atoms with Crippen molar-refractivity contribution in [2.45, 2.75) is 105 Å². The molecule has 1 heterocycles. The number of carbonyl (C=O) groups is 1. The molecule has 1 amide bonds. The molecule has 1 aliphatic carbocycles. The summed E-state index contributed by atoms with van der Waals surface area (Å²) < 4.78 is 11.5. The Hall–Kier alpha value is -2.64. The van der Waals surface area contributed by atoms with Crippen molar-refractivity contribution in [3.63, 3.8) is 0 Å². The Kier molecular flexibility index (Phi) is 11.6. The van der Waals surface area contributed by atoms with E-state index in [-0.39, 0.29) is 23.0 Å². The zero-order chi connectivity index (χ0) is 30.2. The molecule has 1 atom stereocenters. The number of nitrogens with zero attached hydrogens (tertiary/aromatic N) is 4. The van der Waals surface area contributed by atoms with Crippen molar-refractivity contribution in [3.8, 4) is 0 Å². The first-order valence-electron chi connectivity index (χ1n) is 15.3. The molecule has 2 aliphatic rings. The quantitative estimate of drug-likeness (QED) is 0.240. The number of methoxy groups -OCH3 is 1. The van der Waals surface area contributed by atoms with Crippen LogP contribution in [0.4, 0.5) is 5.69 Å². The Morgan fingerprint density at radius 2 is 1.90 bits per heavy atom. The zero-order valence-corrected chi connectivity index (χ0v) is 26.9. The maximum absolute atomic E-state index is 14.5. The average molecular weight is 567 g/mol. The van der Waals surface area contributed by atoms with E-state index >= 15 is 0 Å². The highest BCUT2D eigenvalue weighted by Gasteiger charge is 2.38. The van der Waals surface area contributed by atoms with Crippen LogP contribution in [0.15, 0.2) is 48.2 Å². The Morgan fingerprint density at radius 1 is 1.17 bits per heavy atom. The molecule has 0 saturated heterocycles. The van der Waals surface area contributed by atoms with Gasteiger partial charge in [0.25, 0.3) is 5.91 Å². The first kappa shape index (κ1) is 32.9. The van der Waals surface area contributed by atoms with E-state index < -0.39 is 0 Å². The number of rotatable bonds is 13. The minimum atomic E-state index is -0.236. The van der Waals surface area contributed by atoms with Crippen LogP contribution >= 0.6 is 0 Å². The molecule has 0 radical (unpaired) electrons. The van der Waals surface area contributed by atoms with Crippen molar-refractivity contribution in [2.24, 2.45) is 10.5 Å². The van der Waals surface area contributed by atoms with E-state index in [0.717, 1.165) is 67.6 Å². The Bertz CT molecular complexity index is 1080. The molecule has 0 N–H and O–H groups in total. The number of hydrogen-bond acceptors (Lipinski definition) is 6. The molecule has 41 heavy (non-hydrogen) atoms. The second-order valence-electron chi connectivity index (χ2n) is 13.3. The fourth-order valence-corrected chi connectivity index (χ4v) is 5.64. The third-order valence-corrected chi connectivity index (χ3v) is 7.60. The number of anilines is 1. The second kappa shape index (κ2) is 14.5. The van der Waals surface area contributed by atoms with E-state index in [2.05, 4.69) is 77.0 Å². The molecule has 3 rings (SSSR count). The van der Waals surface area contributed by atoms with Gasteiger partial charge >= 0.3 is 0 Å². The number of benzene rings is 1. The van der Waals surface area contributed by atoms with Crippen LogP contribution < -0.4 is 4.90 Å². The van der Waals surface area contributed by atoms with Crippen molar-refractivity contribution in [3.05, 3.63) is 54.3 Å². The predicted molar refractivity (Wildman–Crippen MR) is 171 cm³/mol. The maximum atomic E-state index is 14.5. The van der Waals surface area contributed by atoms with Crippen LogP contribution in [0.25, 0.3) is 0 Å². The topological polar surface area (TPSA) is 57.6 Å². The van der Waals surface area contributed by atoms with E-state index in [4.69, 9.17) is 14.6 Å². The lowest BCUT2D eigenvalue weighted by atomic mass is 9.92. The van der Waals surface area contributed by atoms with Gasteiger partial charge in [0.2, 0.25) is 0 Å². The Labute approximate surface area is 249 Å². The SMILES string of the molecule is C=CCN(CC(C)(C)COC)c1cccc(C(=O)N(C2C/C=C/N(COC(C)(C)C)/N=C(\C)CC2)C2CC2)c1CC. The van der Waals surface area contributed by atoms with Crippen LogP contribution in [0.2, 0.25) is 0 Å². The summed E-state index contributed by atoms with van der Waals surface area (Å²) in [7, 11) is 1.75. The summed E-state index contributed by atoms with van der Waals surface area (Å²) >= 11 is 0. The average Bonchev–Trinajstić information content (AvgIpc) is 3.72. The molecule has 7 nitrogen and oxygen atoms in total. The van der Waals surface area contributed by atoms with Crippen LogP contribution in [0.3, 0.4) is 0 Å². The van der Waals surface area contributed by atoms with E-state index in [1.807, 2.05) is 29.4 Å². The summed E-state index contributed by atoms with van der Waals surface area (Å²) in [5.41, 5.74) is 3.82. The number of amides is 1. The maximum Gasteiger partial charge on any atom is 0.254 e. The number of ether oxygens (including phenoxy) is 2. The van der Waals surface area contributed by atoms with Gasteiger partial charge in [-0.25, -0.2) is 5.01 Å². The highest BCUT2D eigenvalue weighted by atomic mass is 16.5. The largest absolute Gasteiger partial charge is 0.384 e. The van der Waals surface area contributed by atoms with Crippen LogP contribution in [0.5, 0.6) is 0 Å². The highest BCUT2D eigenvalue weighted by Crippen LogP contribution is 2.35. The molecular weight excluding hydrogens is 512 g/mol. The summed E-state index contributed by atoms with van der Waals surface area (Å²) in [6, 6.07) is 6.64. The van der Waals surface area contributed by atoms with Gasteiger partial charge in [-0.3, -0.25) is 4.79 Å². The summed E-state index contributed by atoms with van der Waals surface area (Å²) in [4.78, 5) is 19.0. The van der Waals surface area contributed by atoms with Crippen LogP contribution in [-0.4, -0.2) is 72.7 Å². The number of hydrogen-bond donors (Lipinski definition) is 0. The smallest absolute Gasteiger partial charge is 0.254 e. The van der Waals surface area contributed by atoms with Gasteiger partial charge in [-0.2, -0.15) is 5.10 Å². The molecule has 1 aromatic carbocycles. The highest BCUT2D eigenvalue weighted by molar-refractivity contribution is 5.98. The monoisotopic (exact) mass is 566 g/mol. The van der Waals surface area contributed by atoms with Crippen molar-refractivity contribution < 1.29 is 14.3 Å². The van der Waals surface area contributed by atoms with Crippen LogP contribution in [0.1, 0.15) is 96.5 Å². The van der Waals surface area contributed by atoms with Gasteiger partial charge in [0.1, 0.15) is 6.73 Å². The van der Waals surface area contributed by atoms with Crippen molar-refractivity contribution in [2.75, 3.05) is 38.4 Å². The molecule has 0 aromatic heterocycles. The van der Waals surface area contributed by atoms with Crippen molar-refractivity contribution >= 4 is 17.3 Å². The minimum absolute atomic E-state index is 0.0439. The zero-order valence-electron chi connectivity index (χ0n) is 26.9. The third kappa shape index (κ3) is 9.71. The lowest BCUT2D eigenvalue weighted by Crippen LogP contribution is -2.43. The van der Waals surface area contributed by atoms with Gasteiger partial charge in [0.15, 0.2) is 0 Å². The molecule has 7 heteroatoms. The van der Waals surface area contributed by atoms with Crippen molar-refractivity contribution in [1.29, 1.82) is 0 Å². The molecule has 1 saturated carbocycles. The van der Waals surface area contributed by atoms with Gasteiger partial charge in [-0.05, 0) is 83.9 Å². The lowest BCUT2D eigenvalue weighted by molar-refractivity contribution is -0.0492. The summed E-state index contributed by atoms with van der Waals surface area (Å²) in [6.45, 7) is 21.4. The lowest BCUT2D eigenvalue weighted by Gasteiger charge is -2.36. The molecule has 1 aromatic rings. The van der Waals surface area contributed by atoms with Crippen LogP contribution in [0, 0.1) is 5.41 Å². The minimum Gasteiger partial charge on any atom is -0.384 e. The third-order valence-electron chi connectivity index (χ3n) is 7.60. The summed E-state index contributed by atoms with van der Waals surface area (Å²) in [6.07, 6.45) is 11.6. The molecule has 1 unspecified atom stereocenters. The van der Waals surface area contributed by atoms with E-state index in [9.17, 15) is 4.79 Å². The van der Waals surface area contributed by atoms with Gasteiger partial charge in [-0.15, -0.1) is 6.58 Å². The summed E-state index contributed by atoms with van der Waals surface area (Å²) in [5, 5.41) is 6.67. The van der Waals surface area contributed by atoms with E-state index in [1.165, 1.54) is 0 Å². The standard InChI is InChI=1S/C34H54N4O3/c1-10-21-36(23-34(7,8)24-40-9)31-16-12-15-30(29(31)11-2)32(39)38(28-19-20-28)27-14-13-22-37(25-41-33(4,5)6)35-26(3)17-18-27/h10,12-13,15-16,22,27-28H,1,11,14,17-21,23-25H2,2-9H3/b22-13+,35-26+. The number of hydrazone groups is 1. The molecule has 1 fully saturated rings. The predicted octanol–water partition coefficient (Wildman–Crippen LogP) is 7.04. The molecule has 1 aliphatic heterocycles. The van der Waals surface area contributed by atoms with Crippen LogP contribution in [-0.2, 0) is 15.9 Å². The molecule has 228 valence electrons. The molecule has 0 spiro atoms. The van der Waals surface area contributed by atoms with Crippen molar-refractivity contribution in [1.82, 2.24) is 9.91 Å². The number of carbonyl (C=O) groups excluding carboxylic acids is 1. The fourth-order valence-electron chi connectivity index (χ4n) is 5.64. The Balaban J connectivity index is 1.90. The first-order chi connectivity index (χ1) is 19.4. The summed E-state index contributed by atoms with van der Waals surface area (Å²) in [5.74, 6) is 0.154. The molecular formula is C34H54N4O3. The van der Waals surface area contributed by atoms with E-state index in [0.29, 0.717) is 25.9 Å². The normalized spacial score (nSPS) is 20.3. The van der Waals surface area contributed by atoms with Gasteiger partial charge < -0.3 is 19.3 Å². The van der Waals surface area contributed by atoms with E-state index in [1.54, 1.807) is 7.11 Å². The van der Waals surface area contributed by atoms with Gasteiger partial charge in [0, 0.05) is 60.9 Å². The molecule has 0 bridgehead atoms. The first-order valence-corrected chi connectivity index (χ1v) is 15.3. The van der Waals surface area contributed by atoms with Gasteiger partial charge in [-0.1, -0.05) is 39.0 Å². The Morgan fingerprint density at radius 3 is 2.51 bits per heavy atom. The fraction of sp³-hybridized carbons (Fsp3) is 0.647.